The Morgan fingerprint density at radius 3 is 2.42 bits per heavy atom. The van der Waals surface area contributed by atoms with Crippen LogP contribution in [0, 0.1) is 17.5 Å². The van der Waals surface area contributed by atoms with Crippen molar-refractivity contribution >= 4 is 17.8 Å². The molecule has 4 rings (SSSR count). The monoisotopic (exact) mass is 619 g/mol. The number of aliphatic hydroxyl groups excluding tert-OH is 1. The SMILES string of the molecule is CC(C)(C)OC(=O)NC(CC(=O)C1CNCc2c(C(F)(F)F)nc(C(=O)N3CCC(O)C3)n21)Cc1cc(F)c(F)cc1F. The first-order valence-corrected chi connectivity index (χ1v) is 13.5. The summed E-state index contributed by atoms with van der Waals surface area (Å²) in [6.45, 7) is 4.07. The van der Waals surface area contributed by atoms with E-state index >= 15 is 0 Å². The molecular formula is C27H31F6N5O5. The van der Waals surface area contributed by atoms with Gasteiger partial charge in [-0.1, -0.05) is 0 Å². The highest BCUT2D eigenvalue weighted by Crippen LogP contribution is 2.36. The summed E-state index contributed by atoms with van der Waals surface area (Å²) in [6, 6.07) is -1.79. The van der Waals surface area contributed by atoms with Crippen LogP contribution < -0.4 is 10.6 Å². The van der Waals surface area contributed by atoms with Gasteiger partial charge >= 0.3 is 12.3 Å². The second-order valence-electron chi connectivity index (χ2n) is 11.5. The molecule has 3 N–H and O–H groups in total. The Labute approximate surface area is 242 Å². The zero-order valence-corrected chi connectivity index (χ0v) is 23.5. The van der Waals surface area contributed by atoms with E-state index in [4.69, 9.17) is 4.74 Å². The standard InChI is InChI=1S/C27H31F6N5O5/c1-26(2,3)43-25(42)35-14(6-13-7-17(29)18(30)9-16(13)28)8-21(40)19-10-34-11-20-22(27(31,32)33)36-23(38(19)20)24(41)37-5-4-15(39)12-37/h7,9,14-15,19,34,39H,4-6,8,10-12H2,1-3H3,(H,35,42). The van der Waals surface area contributed by atoms with Crippen molar-refractivity contribution in [2.24, 2.45) is 0 Å². The van der Waals surface area contributed by atoms with Gasteiger partial charge in [-0.15, -0.1) is 0 Å². The molecule has 0 radical (unpaired) electrons. The molecule has 0 spiro atoms. The van der Waals surface area contributed by atoms with Crippen LogP contribution in [0.5, 0.6) is 0 Å². The van der Waals surface area contributed by atoms with Crippen LogP contribution in [0.1, 0.15) is 67.2 Å². The third-order valence-electron chi connectivity index (χ3n) is 6.96. The predicted octanol–water partition coefficient (Wildman–Crippen LogP) is 3.27. The maximum atomic E-state index is 14.5. The molecule has 2 aliphatic heterocycles. The van der Waals surface area contributed by atoms with Gasteiger partial charge in [-0.2, -0.15) is 13.2 Å². The number of amides is 2. The number of aromatic nitrogens is 2. The number of nitrogens with zero attached hydrogens (tertiary/aromatic N) is 3. The molecule has 2 aromatic rings. The highest BCUT2D eigenvalue weighted by atomic mass is 19.4. The van der Waals surface area contributed by atoms with E-state index in [2.05, 4.69) is 15.6 Å². The normalized spacial score (nSPS) is 19.6. The third kappa shape index (κ3) is 7.47. The fourth-order valence-corrected chi connectivity index (χ4v) is 5.11. The Balaban J connectivity index is 1.68. The number of carbonyl (C=O) groups is 3. The van der Waals surface area contributed by atoms with Gasteiger partial charge in [0, 0.05) is 44.7 Å². The van der Waals surface area contributed by atoms with E-state index in [0.29, 0.717) is 12.1 Å². The summed E-state index contributed by atoms with van der Waals surface area (Å²) in [5, 5.41) is 15.0. The lowest BCUT2D eigenvalue weighted by atomic mass is 9.96. The van der Waals surface area contributed by atoms with Crippen molar-refractivity contribution in [3.8, 4) is 0 Å². The number of alkyl halides is 3. The Kier molecular flexibility index (Phi) is 9.11. The number of alkyl carbamates (subject to hydrolysis) is 1. The van der Waals surface area contributed by atoms with Crippen molar-refractivity contribution in [2.45, 2.75) is 76.5 Å². The minimum atomic E-state index is -4.96. The van der Waals surface area contributed by atoms with Gasteiger partial charge in [0.25, 0.3) is 5.91 Å². The van der Waals surface area contributed by atoms with E-state index in [1.165, 1.54) is 0 Å². The Morgan fingerprint density at radius 1 is 1.14 bits per heavy atom. The zero-order chi connectivity index (χ0) is 31.9. The van der Waals surface area contributed by atoms with E-state index in [9.17, 15) is 45.8 Å². The predicted molar refractivity (Wildman–Crippen MR) is 137 cm³/mol. The quantitative estimate of drug-likeness (QED) is 0.321. The van der Waals surface area contributed by atoms with E-state index in [1.807, 2.05) is 0 Å². The lowest BCUT2D eigenvalue weighted by molar-refractivity contribution is -0.142. The molecule has 1 aromatic carbocycles. The van der Waals surface area contributed by atoms with Crippen LogP contribution in [0.4, 0.5) is 31.1 Å². The summed E-state index contributed by atoms with van der Waals surface area (Å²) in [5.74, 6) is -6.26. The molecule has 1 fully saturated rings. The van der Waals surface area contributed by atoms with Gasteiger partial charge in [0.05, 0.1) is 11.8 Å². The minimum Gasteiger partial charge on any atom is -0.444 e. The second-order valence-corrected chi connectivity index (χ2v) is 11.5. The molecule has 0 aliphatic carbocycles. The van der Waals surface area contributed by atoms with E-state index in [1.54, 1.807) is 20.8 Å². The smallest absolute Gasteiger partial charge is 0.435 e. The van der Waals surface area contributed by atoms with Crippen LogP contribution in [-0.2, 0) is 28.7 Å². The average molecular weight is 620 g/mol. The summed E-state index contributed by atoms with van der Waals surface area (Å²) in [7, 11) is 0. The zero-order valence-electron chi connectivity index (χ0n) is 23.5. The Hall–Kier alpha value is -3.66. The van der Waals surface area contributed by atoms with Gasteiger partial charge in [0.1, 0.15) is 17.5 Å². The van der Waals surface area contributed by atoms with E-state index in [0.717, 1.165) is 9.47 Å². The number of carbonyl (C=O) groups excluding carboxylic acids is 3. The van der Waals surface area contributed by atoms with Crippen molar-refractivity contribution in [3.05, 3.63) is 52.4 Å². The van der Waals surface area contributed by atoms with Crippen LogP contribution in [-0.4, -0.2) is 74.7 Å². The molecule has 1 aromatic heterocycles. The molecule has 236 valence electrons. The number of rotatable bonds is 7. The van der Waals surface area contributed by atoms with Gasteiger partial charge in [-0.25, -0.2) is 22.9 Å². The van der Waals surface area contributed by atoms with E-state index in [-0.39, 0.29) is 38.2 Å². The van der Waals surface area contributed by atoms with Crippen LogP contribution >= 0.6 is 0 Å². The number of hydrogen-bond acceptors (Lipinski definition) is 7. The fraction of sp³-hybridized carbons (Fsp3) is 0.556. The van der Waals surface area contributed by atoms with Gasteiger partial charge < -0.3 is 29.9 Å². The molecule has 3 unspecified atom stereocenters. The van der Waals surface area contributed by atoms with Gasteiger partial charge in [-0.3, -0.25) is 9.59 Å². The number of fused-ring (bicyclic) bond motifs is 1. The molecule has 2 aliphatic rings. The van der Waals surface area contributed by atoms with Gasteiger partial charge in [0.15, 0.2) is 23.1 Å². The lowest BCUT2D eigenvalue weighted by Gasteiger charge is -2.30. The first-order valence-electron chi connectivity index (χ1n) is 13.5. The number of nitrogens with one attached hydrogen (secondary N) is 2. The number of aliphatic hydroxyl groups is 1. The number of β-amino-alcohol motifs (C(OH)–C–C–N with tert-alkyl or cyclic N) is 1. The summed E-state index contributed by atoms with van der Waals surface area (Å²) in [5.41, 5.74) is -3.16. The van der Waals surface area contributed by atoms with Crippen LogP contribution in [0.15, 0.2) is 12.1 Å². The number of ether oxygens (including phenoxy) is 1. The van der Waals surface area contributed by atoms with Crippen LogP contribution in [0.2, 0.25) is 0 Å². The highest BCUT2D eigenvalue weighted by molar-refractivity contribution is 5.93. The molecular weight excluding hydrogens is 588 g/mol. The molecule has 0 saturated carbocycles. The molecule has 2 amide bonds. The fourth-order valence-electron chi connectivity index (χ4n) is 5.11. The van der Waals surface area contributed by atoms with Crippen molar-refractivity contribution in [2.75, 3.05) is 19.6 Å². The van der Waals surface area contributed by atoms with Gasteiger partial charge in [0.2, 0.25) is 5.82 Å². The summed E-state index contributed by atoms with van der Waals surface area (Å²) >= 11 is 0. The first-order chi connectivity index (χ1) is 19.9. The maximum absolute atomic E-state index is 14.5. The molecule has 1 saturated heterocycles. The van der Waals surface area contributed by atoms with Crippen molar-refractivity contribution in [1.82, 2.24) is 25.1 Å². The molecule has 3 atom stereocenters. The number of hydrogen-bond donors (Lipinski definition) is 3. The average Bonchev–Trinajstić information content (AvgIpc) is 3.49. The highest BCUT2D eigenvalue weighted by Gasteiger charge is 2.44. The lowest BCUT2D eigenvalue weighted by Crippen LogP contribution is -2.45. The molecule has 3 heterocycles. The first kappa shape index (κ1) is 32.3. The number of imidazole rings is 1. The molecule has 0 bridgehead atoms. The number of benzene rings is 1. The topological polar surface area (TPSA) is 126 Å². The third-order valence-corrected chi connectivity index (χ3v) is 6.96. The number of Topliss-reactive ketones (excluding diaryl/α,β-unsaturated/α-hetero) is 1. The minimum absolute atomic E-state index is 0.0715. The summed E-state index contributed by atoms with van der Waals surface area (Å²) in [4.78, 5) is 44.2. The van der Waals surface area contributed by atoms with E-state index < -0.39 is 95.3 Å². The summed E-state index contributed by atoms with van der Waals surface area (Å²) < 4.78 is 89.9. The molecule has 10 nitrogen and oxygen atoms in total. The van der Waals surface area contributed by atoms with Crippen molar-refractivity contribution in [3.63, 3.8) is 0 Å². The maximum Gasteiger partial charge on any atom is 0.435 e. The Bertz CT molecular complexity index is 1410. The molecule has 43 heavy (non-hydrogen) atoms. The molecule has 16 heteroatoms. The van der Waals surface area contributed by atoms with Gasteiger partial charge in [-0.05, 0) is 45.2 Å². The largest absolute Gasteiger partial charge is 0.444 e. The number of halogens is 6. The van der Waals surface area contributed by atoms with Crippen LogP contribution in [0.25, 0.3) is 0 Å². The number of ketones is 1. The van der Waals surface area contributed by atoms with Crippen molar-refractivity contribution in [1.29, 1.82) is 0 Å². The Morgan fingerprint density at radius 2 is 1.81 bits per heavy atom. The summed E-state index contributed by atoms with van der Waals surface area (Å²) in [6.07, 6.45) is -7.74. The van der Waals surface area contributed by atoms with Crippen molar-refractivity contribution < 1.29 is 50.6 Å². The number of likely N-dealkylation sites (tertiary alicyclic amines) is 1. The second kappa shape index (κ2) is 12.1. The van der Waals surface area contributed by atoms with Crippen LogP contribution in [0.3, 0.4) is 0 Å².